The Hall–Kier alpha value is -4.34. The average Bonchev–Trinajstić information content (AvgIpc) is 3.50. The van der Waals surface area contributed by atoms with Gasteiger partial charge in [-0.05, 0) is 31.0 Å². The number of nitro benzene ring substituents is 1. The van der Waals surface area contributed by atoms with Crippen LogP contribution < -0.4 is 4.90 Å². The molecule has 0 aliphatic carbocycles. The molecule has 0 spiro atoms. The predicted molar refractivity (Wildman–Crippen MR) is 124 cm³/mol. The van der Waals surface area contributed by atoms with Crippen molar-refractivity contribution in [2.24, 2.45) is 0 Å². The number of carbonyl (C=O) groups is 2. The lowest BCUT2D eigenvalue weighted by Gasteiger charge is -2.16. The van der Waals surface area contributed by atoms with Crippen LogP contribution in [-0.2, 0) is 4.74 Å². The molecule has 1 amide bonds. The maximum absolute atomic E-state index is 13.5. The van der Waals surface area contributed by atoms with Gasteiger partial charge in [0.25, 0.3) is 11.6 Å². The number of hydrogen-bond acceptors (Lipinski definition) is 7. The first-order valence-electron chi connectivity index (χ1n) is 10.7. The summed E-state index contributed by atoms with van der Waals surface area (Å²) in [6, 6.07) is 7.11. The number of H-pyrrole nitrogens is 1. The third-order valence-electron chi connectivity index (χ3n) is 6.41. The van der Waals surface area contributed by atoms with Gasteiger partial charge in [0.2, 0.25) is 0 Å². The Balaban J connectivity index is 1.66. The van der Waals surface area contributed by atoms with Crippen LogP contribution in [0.5, 0.6) is 5.75 Å². The normalized spacial score (nSPS) is 15.1. The first kappa shape index (κ1) is 21.5. The lowest BCUT2D eigenvalue weighted by molar-refractivity contribution is -0.384. The maximum atomic E-state index is 13.5. The van der Waals surface area contributed by atoms with E-state index in [2.05, 4.69) is 4.98 Å². The van der Waals surface area contributed by atoms with E-state index in [1.54, 1.807) is 6.92 Å². The van der Waals surface area contributed by atoms with E-state index in [4.69, 9.17) is 9.15 Å². The molecule has 0 unspecified atom stereocenters. The molecule has 1 aliphatic heterocycles. The van der Waals surface area contributed by atoms with Crippen molar-refractivity contribution in [1.29, 1.82) is 0 Å². The van der Waals surface area contributed by atoms with Gasteiger partial charge in [-0.2, -0.15) is 0 Å². The Bertz CT molecular complexity index is 1510. The molecule has 0 radical (unpaired) electrons. The summed E-state index contributed by atoms with van der Waals surface area (Å²) < 4.78 is 10.7. The van der Waals surface area contributed by atoms with Crippen molar-refractivity contribution in [2.75, 3.05) is 18.6 Å². The molecule has 34 heavy (non-hydrogen) atoms. The number of anilines is 1. The van der Waals surface area contributed by atoms with E-state index in [-0.39, 0.29) is 23.1 Å². The van der Waals surface area contributed by atoms with Crippen molar-refractivity contribution in [2.45, 2.75) is 26.2 Å². The summed E-state index contributed by atoms with van der Waals surface area (Å²) in [5.74, 6) is -1.14. The topological polar surface area (TPSA) is 139 Å². The molecule has 1 aliphatic rings. The van der Waals surface area contributed by atoms with Gasteiger partial charge >= 0.3 is 5.97 Å². The van der Waals surface area contributed by atoms with Crippen molar-refractivity contribution in [3.8, 4) is 5.75 Å². The van der Waals surface area contributed by atoms with Crippen LogP contribution in [0.3, 0.4) is 0 Å². The largest absolute Gasteiger partial charge is 0.506 e. The van der Waals surface area contributed by atoms with Gasteiger partial charge < -0.3 is 24.1 Å². The van der Waals surface area contributed by atoms with E-state index >= 15 is 0 Å². The van der Waals surface area contributed by atoms with E-state index < -0.39 is 16.8 Å². The summed E-state index contributed by atoms with van der Waals surface area (Å²) in [7, 11) is 1.29. The van der Waals surface area contributed by atoms with Crippen molar-refractivity contribution in [3.63, 3.8) is 0 Å². The Kier molecular flexibility index (Phi) is 4.82. The number of methoxy groups -OCH3 is 1. The number of hydrogen-bond donors (Lipinski definition) is 2. The Morgan fingerprint density at radius 3 is 2.76 bits per heavy atom. The first-order valence-corrected chi connectivity index (χ1v) is 10.7. The molecule has 0 saturated carbocycles. The zero-order valence-electron chi connectivity index (χ0n) is 18.7. The highest BCUT2D eigenvalue weighted by molar-refractivity contribution is 6.14. The van der Waals surface area contributed by atoms with Crippen LogP contribution >= 0.6 is 0 Å². The van der Waals surface area contributed by atoms with Crippen LogP contribution in [0.1, 0.15) is 51.4 Å². The van der Waals surface area contributed by atoms with Crippen molar-refractivity contribution in [3.05, 3.63) is 63.0 Å². The van der Waals surface area contributed by atoms with E-state index in [0.29, 0.717) is 51.8 Å². The van der Waals surface area contributed by atoms with Gasteiger partial charge in [-0.1, -0.05) is 6.92 Å². The van der Waals surface area contributed by atoms with Crippen LogP contribution in [0.2, 0.25) is 0 Å². The minimum Gasteiger partial charge on any atom is -0.506 e. The second-order valence-corrected chi connectivity index (χ2v) is 8.31. The smallest absolute Gasteiger partial charge is 0.340 e. The quantitative estimate of drug-likeness (QED) is 0.252. The summed E-state index contributed by atoms with van der Waals surface area (Å²) >= 11 is 0. The summed E-state index contributed by atoms with van der Waals surface area (Å²) in [5, 5.41) is 22.8. The number of carbonyl (C=O) groups excluding carboxylic acids is 2. The number of aromatic amines is 1. The third-order valence-corrected chi connectivity index (χ3v) is 6.41. The predicted octanol–water partition coefficient (Wildman–Crippen LogP) is 4.78. The highest BCUT2D eigenvalue weighted by Gasteiger charge is 2.38. The summed E-state index contributed by atoms with van der Waals surface area (Å²) in [5.41, 5.74) is 2.82. The van der Waals surface area contributed by atoms with E-state index in [1.807, 2.05) is 6.92 Å². The fraction of sp³-hybridized carbons (Fsp3) is 0.250. The first-order chi connectivity index (χ1) is 16.2. The number of rotatable bonds is 4. The SMILES string of the molecule is CC[C@@H]1CN(C(=O)c2cc3cc([N+](=O)[O-])ccc3o2)c2cc(O)c3[nH]c(C)c(C(=O)OC)c3c21. The molecule has 10 nitrogen and oxygen atoms in total. The van der Waals surface area contributed by atoms with Gasteiger partial charge in [-0.15, -0.1) is 0 Å². The Morgan fingerprint density at radius 2 is 2.09 bits per heavy atom. The monoisotopic (exact) mass is 463 g/mol. The van der Waals surface area contributed by atoms with Crippen LogP contribution in [0.15, 0.2) is 34.7 Å². The lowest BCUT2D eigenvalue weighted by Crippen LogP contribution is -2.29. The van der Waals surface area contributed by atoms with Crippen LogP contribution in [0, 0.1) is 17.0 Å². The average molecular weight is 463 g/mol. The zero-order chi connectivity index (χ0) is 24.3. The number of amides is 1. The second-order valence-electron chi connectivity index (χ2n) is 8.31. The van der Waals surface area contributed by atoms with Crippen molar-refractivity contribution < 1.29 is 28.8 Å². The minimum absolute atomic E-state index is 0.0243. The maximum Gasteiger partial charge on any atom is 0.340 e. The number of aromatic hydroxyl groups is 1. The van der Waals surface area contributed by atoms with Crippen LogP contribution in [0.4, 0.5) is 11.4 Å². The molecule has 0 saturated heterocycles. The summed E-state index contributed by atoms with van der Waals surface area (Å²) in [6.45, 7) is 4.04. The van der Waals surface area contributed by atoms with Gasteiger partial charge in [-0.25, -0.2) is 4.79 Å². The molecule has 1 atom stereocenters. The molecular formula is C24H21N3O7. The molecule has 2 aromatic heterocycles. The molecule has 2 N–H and O–H groups in total. The molecular weight excluding hydrogens is 442 g/mol. The van der Waals surface area contributed by atoms with Crippen LogP contribution in [-0.4, -0.2) is 40.5 Å². The summed E-state index contributed by atoms with van der Waals surface area (Å²) in [6.07, 6.45) is 0.688. The number of ether oxygens (including phenoxy) is 1. The number of fused-ring (bicyclic) bond motifs is 4. The molecule has 10 heteroatoms. The Morgan fingerprint density at radius 1 is 1.32 bits per heavy atom. The highest BCUT2D eigenvalue weighted by Crippen LogP contribution is 2.48. The molecule has 3 heterocycles. The van der Waals surface area contributed by atoms with Gasteiger partial charge in [0.05, 0.1) is 28.8 Å². The number of aryl methyl sites for hydroxylation is 1. The van der Waals surface area contributed by atoms with Gasteiger partial charge in [-0.3, -0.25) is 14.9 Å². The lowest BCUT2D eigenvalue weighted by atomic mass is 9.93. The van der Waals surface area contributed by atoms with Gasteiger partial charge in [0.1, 0.15) is 11.3 Å². The third kappa shape index (κ3) is 3.02. The minimum atomic E-state index is -0.532. The van der Waals surface area contributed by atoms with E-state index in [9.17, 15) is 24.8 Å². The summed E-state index contributed by atoms with van der Waals surface area (Å²) in [4.78, 5) is 41.2. The van der Waals surface area contributed by atoms with E-state index in [1.165, 1.54) is 42.3 Å². The standard InChI is InChI=1S/C24H21N3O7/c1-4-12-10-26(23(29)18-8-13-7-14(27(31)32)5-6-17(13)34-18)15-9-16(28)22-21(20(12)15)19(11(2)25-22)24(30)33-3/h5-9,12,25,28H,4,10H2,1-3H3/t12-/m1/s1. The van der Waals surface area contributed by atoms with Gasteiger partial charge in [0, 0.05) is 47.1 Å². The number of nitrogens with one attached hydrogen (secondary N) is 1. The molecule has 174 valence electrons. The fourth-order valence-electron chi connectivity index (χ4n) is 4.81. The molecule has 2 aromatic carbocycles. The number of furan rings is 1. The highest BCUT2D eigenvalue weighted by atomic mass is 16.6. The fourth-order valence-corrected chi connectivity index (χ4v) is 4.81. The number of aromatic nitrogens is 1. The Labute approximate surface area is 192 Å². The molecule has 4 aromatic rings. The van der Waals surface area contributed by atoms with Crippen molar-refractivity contribution in [1.82, 2.24) is 4.98 Å². The number of esters is 1. The van der Waals surface area contributed by atoms with Crippen molar-refractivity contribution >= 4 is 45.1 Å². The number of phenolic OH excluding ortho intramolecular Hbond substituents is 1. The second kappa shape index (κ2) is 7.62. The number of non-ortho nitro benzene ring substituents is 1. The molecule has 0 bridgehead atoms. The number of benzene rings is 2. The molecule has 0 fully saturated rings. The zero-order valence-corrected chi connectivity index (χ0v) is 18.7. The van der Waals surface area contributed by atoms with Gasteiger partial charge in [0.15, 0.2) is 5.76 Å². The number of phenols is 1. The number of nitrogens with zero attached hydrogens (tertiary/aromatic N) is 2. The van der Waals surface area contributed by atoms with Crippen LogP contribution in [0.25, 0.3) is 21.9 Å². The molecule has 5 rings (SSSR count). The van der Waals surface area contributed by atoms with E-state index in [0.717, 1.165) is 5.56 Å². The number of nitro groups is 1.